The molecule has 4 atom stereocenters. The predicted molar refractivity (Wildman–Crippen MR) is 67.8 cm³/mol. The van der Waals surface area contributed by atoms with Gasteiger partial charge in [-0.05, 0) is 30.6 Å². The van der Waals surface area contributed by atoms with Gasteiger partial charge in [0.25, 0.3) is 0 Å². The Morgan fingerprint density at radius 3 is 1.93 bits per heavy atom. The first kappa shape index (κ1) is 13.0. The zero-order chi connectivity index (χ0) is 11.5. The van der Waals surface area contributed by atoms with E-state index in [4.69, 9.17) is 5.73 Å². The lowest BCUT2D eigenvalue weighted by atomic mass is 9.48. The Balaban J connectivity index is 2.70. The molecule has 1 fully saturated rings. The fraction of sp³-hybridized carbons (Fsp3) is 1.00. The lowest BCUT2D eigenvalue weighted by molar-refractivity contribution is -0.0654. The summed E-state index contributed by atoms with van der Waals surface area (Å²) in [5, 5.41) is 0. The minimum atomic E-state index is 0.171. The van der Waals surface area contributed by atoms with Gasteiger partial charge in [-0.1, -0.05) is 53.4 Å². The summed E-state index contributed by atoms with van der Waals surface area (Å²) in [4.78, 5) is 0. The Morgan fingerprint density at radius 1 is 0.933 bits per heavy atom. The van der Waals surface area contributed by atoms with Crippen molar-refractivity contribution in [2.24, 2.45) is 23.5 Å². The van der Waals surface area contributed by atoms with E-state index in [1.165, 1.54) is 32.1 Å². The largest absolute Gasteiger partial charge is 0.325 e. The van der Waals surface area contributed by atoms with Crippen LogP contribution in [0.3, 0.4) is 0 Å². The van der Waals surface area contributed by atoms with Crippen molar-refractivity contribution in [2.45, 2.75) is 71.8 Å². The number of rotatable bonds is 6. The molecule has 0 bridgehead atoms. The van der Waals surface area contributed by atoms with Crippen molar-refractivity contribution in [1.29, 1.82) is 0 Å². The van der Waals surface area contributed by atoms with E-state index in [1.807, 2.05) is 0 Å². The average molecular weight is 211 g/mol. The van der Waals surface area contributed by atoms with Crippen molar-refractivity contribution in [1.82, 2.24) is 0 Å². The minimum Gasteiger partial charge on any atom is -0.325 e. The van der Waals surface area contributed by atoms with Crippen LogP contribution in [-0.4, -0.2) is 5.54 Å². The average Bonchev–Trinajstić information content (AvgIpc) is 2.25. The fourth-order valence-corrected chi connectivity index (χ4v) is 3.97. The molecule has 0 aromatic carbocycles. The van der Waals surface area contributed by atoms with Gasteiger partial charge in [-0.3, -0.25) is 0 Å². The molecule has 2 N–H and O–H groups in total. The Labute approximate surface area is 95.8 Å². The quantitative estimate of drug-likeness (QED) is 0.707. The van der Waals surface area contributed by atoms with E-state index in [0.29, 0.717) is 0 Å². The highest BCUT2D eigenvalue weighted by atomic mass is 14.9. The molecule has 4 unspecified atom stereocenters. The first-order valence-corrected chi connectivity index (χ1v) is 6.94. The molecule has 0 spiro atoms. The molecule has 0 amide bonds. The van der Waals surface area contributed by atoms with E-state index in [-0.39, 0.29) is 5.54 Å². The maximum atomic E-state index is 6.61. The Morgan fingerprint density at radius 2 is 1.53 bits per heavy atom. The zero-order valence-electron chi connectivity index (χ0n) is 11.1. The van der Waals surface area contributed by atoms with Crippen LogP contribution >= 0.6 is 0 Å². The van der Waals surface area contributed by atoms with Crippen molar-refractivity contribution in [3.8, 4) is 0 Å². The van der Waals surface area contributed by atoms with Gasteiger partial charge in [0.15, 0.2) is 0 Å². The molecule has 1 aliphatic carbocycles. The van der Waals surface area contributed by atoms with Crippen LogP contribution < -0.4 is 5.73 Å². The van der Waals surface area contributed by atoms with Gasteiger partial charge >= 0.3 is 0 Å². The van der Waals surface area contributed by atoms with E-state index in [2.05, 4.69) is 27.7 Å². The highest BCUT2D eigenvalue weighted by molar-refractivity contribution is 5.10. The molecule has 0 radical (unpaired) electrons. The highest BCUT2D eigenvalue weighted by Gasteiger charge is 2.55. The molecular formula is C14H29N. The lowest BCUT2D eigenvalue weighted by Crippen LogP contribution is -2.67. The number of hydrogen-bond acceptors (Lipinski definition) is 1. The monoisotopic (exact) mass is 211 g/mol. The Hall–Kier alpha value is -0.0400. The number of hydrogen-bond donors (Lipinski definition) is 1. The van der Waals surface area contributed by atoms with E-state index >= 15 is 0 Å². The summed E-state index contributed by atoms with van der Waals surface area (Å²) < 4.78 is 0. The molecular weight excluding hydrogens is 182 g/mol. The normalized spacial score (nSPS) is 40.2. The van der Waals surface area contributed by atoms with Crippen molar-refractivity contribution in [3.63, 3.8) is 0 Å². The summed E-state index contributed by atoms with van der Waals surface area (Å²) in [5.74, 6) is 2.52. The maximum Gasteiger partial charge on any atom is 0.0214 e. The van der Waals surface area contributed by atoms with E-state index in [1.54, 1.807) is 0 Å². The van der Waals surface area contributed by atoms with Gasteiger partial charge in [-0.25, -0.2) is 0 Å². The molecule has 90 valence electrons. The Bertz CT molecular complexity index is 190. The van der Waals surface area contributed by atoms with Gasteiger partial charge in [0, 0.05) is 5.54 Å². The van der Waals surface area contributed by atoms with E-state index in [0.717, 1.165) is 24.2 Å². The smallest absolute Gasteiger partial charge is 0.0214 e. The van der Waals surface area contributed by atoms with Crippen LogP contribution in [0.15, 0.2) is 0 Å². The molecule has 0 saturated heterocycles. The second-order valence-corrected chi connectivity index (χ2v) is 5.33. The standard InChI is InChI=1S/C14H29N/c1-5-9-11-12(7-3)14(15,8-4)13(11)10-6-2/h11-13H,5-10,15H2,1-4H3. The van der Waals surface area contributed by atoms with Crippen LogP contribution in [0, 0.1) is 17.8 Å². The Kier molecular flexibility index (Phi) is 4.64. The van der Waals surface area contributed by atoms with Gasteiger partial charge in [-0.15, -0.1) is 0 Å². The molecule has 0 aliphatic heterocycles. The van der Waals surface area contributed by atoms with Crippen LogP contribution in [0.2, 0.25) is 0 Å². The third kappa shape index (κ3) is 2.08. The molecule has 1 nitrogen and oxygen atoms in total. The molecule has 1 saturated carbocycles. The van der Waals surface area contributed by atoms with Crippen LogP contribution in [0.25, 0.3) is 0 Å². The zero-order valence-corrected chi connectivity index (χ0v) is 11.1. The SMILES string of the molecule is CCCC1C(CC)C(N)(CC)C1CCC. The molecule has 0 aromatic heterocycles. The summed E-state index contributed by atoms with van der Waals surface area (Å²) in [6.07, 6.45) is 7.78. The second kappa shape index (κ2) is 5.34. The third-order valence-electron chi connectivity index (χ3n) is 4.69. The molecule has 0 heterocycles. The van der Waals surface area contributed by atoms with Crippen LogP contribution in [0.5, 0.6) is 0 Å². The lowest BCUT2D eigenvalue weighted by Gasteiger charge is -2.60. The first-order chi connectivity index (χ1) is 7.15. The predicted octanol–water partition coefficient (Wildman–Crippen LogP) is 3.97. The summed E-state index contributed by atoms with van der Waals surface area (Å²) >= 11 is 0. The van der Waals surface area contributed by atoms with Crippen LogP contribution in [0.4, 0.5) is 0 Å². The van der Waals surface area contributed by atoms with Gasteiger partial charge in [0.05, 0.1) is 0 Å². The maximum absolute atomic E-state index is 6.61. The second-order valence-electron chi connectivity index (χ2n) is 5.33. The van der Waals surface area contributed by atoms with Crippen molar-refractivity contribution in [2.75, 3.05) is 0 Å². The summed E-state index contributed by atoms with van der Waals surface area (Å²) in [7, 11) is 0. The molecule has 0 aromatic rings. The topological polar surface area (TPSA) is 26.0 Å². The number of nitrogens with two attached hydrogens (primary N) is 1. The van der Waals surface area contributed by atoms with Crippen LogP contribution in [0.1, 0.15) is 66.2 Å². The van der Waals surface area contributed by atoms with Crippen molar-refractivity contribution in [3.05, 3.63) is 0 Å². The van der Waals surface area contributed by atoms with Crippen LogP contribution in [-0.2, 0) is 0 Å². The fourth-order valence-electron chi connectivity index (χ4n) is 3.97. The van der Waals surface area contributed by atoms with Gasteiger partial charge in [0.2, 0.25) is 0 Å². The highest BCUT2D eigenvalue weighted by Crippen LogP contribution is 2.54. The van der Waals surface area contributed by atoms with Crippen molar-refractivity contribution >= 4 is 0 Å². The van der Waals surface area contributed by atoms with E-state index < -0.39 is 0 Å². The molecule has 15 heavy (non-hydrogen) atoms. The van der Waals surface area contributed by atoms with Crippen molar-refractivity contribution < 1.29 is 0 Å². The van der Waals surface area contributed by atoms with E-state index in [9.17, 15) is 0 Å². The van der Waals surface area contributed by atoms with Gasteiger partial charge in [0.1, 0.15) is 0 Å². The first-order valence-electron chi connectivity index (χ1n) is 6.94. The molecule has 1 heteroatoms. The summed E-state index contributed by atoms with van der Waals surface area (Å²) in [5.41, 5.74) is 6.78. The van der Waals surface area contributed by atoms with Gasteiger partial charge in [-0.2, -0.15) is 0 Å². The minimum absolute atomic E-state index is 0.171. The summed E-state index contributed by atoms with van der Waals surface area (Å²) in [6.45, 7) is 9.18. The summed E-state index contributed by atoms with van der Waals surface area (Å²) in [6, 6.07) is 0. The van der Waals surface area contributed by atoms with Gasteiger partial charge < -0.3 is 5.73 Å². The molecule has 1 aliphatic rings. The molecule has 1 rings (SSSR count). The third-order valence-corrected chi connectivity index (χ3v) is 4.69.